The van der Waals surface area contributed by atoms with Crippen molar-refractivity contribution in [1.82, 2.24) is 9.97 Å². The van der Waals surface area contributed by atoms with E-state index in [1.165, 1.54) is 12.1 Å². The second kappa shape index (κ2) is 6.92. The normalized spacial score (nSPS) is 10.0. The lowest BCUT2D eigenvalue weighted by atomic mass is 10.3. The Morgan fingerprint density at radius 2 is 1.41 bits per heavy atom. The second-order valence-electron chi connectivity index (χ2n) is 4.18. The van der Waals surface area contributed by atoms with Crippen molar-refractivity contribution in [2.75, 3.05) is 23.7 Å². The molecule has 0 aliphatic heterocycles. The number of non-ortho nitro benzene ring substituents is 1. The van der Waals surface area contributed by atoms with E-state index in [1.54, 1.807) is 12.1 Å². The van der Waals surface area contributed by atoms with Crippen molar-refractivity contribution in [3.05, 3.63) is 56.9 Å². The maximum Gasteiger partial charge on any atom is 0.305 e. The summed E-state index contributed by atoms with van der Waals surface area (Å²) in [7, 11) is 0. The molecule has 114 valence electrons. The lowest BCUT2D eigenvalue weighted by Gasteiger charge is -2.07. The quantitative estimate of drug-likeness (QED) is 0.449. The monoisotopic (exact) mass is 304 g/mol. The molecule has 0 radical (unpaired) electrons. The number of benzene rings is 1. The minimum Gasteiger partial charge on any atom is -0.383 e. The van der Waals surface area contributed by atoms with Crippen LogP contribution in [0.15, 0.2) is 36.7 Å². The van der Waals surface area contributed by atoms with E-state index in [0.29, 0.717) is 13.1 Å². The third-order valence-electron chi connectivity index (χ3n) is 2.66. The van der Waals surface area contributed by atoms with Gasteiger partial charge in [-0.1, -0.05) is 0 Å². The largest absolute Gasteiger partial charge is 0.383 e. The number of anilines is 2. The summed E-state index contributed by atoms with van der Waals surface area (Å²) in [6, 6.07) is 6.05. The highest BCUT2D eigenvalue weighted by Crippen LogP contribution is 2.15. The number of aromatic nitrogens is 2. The predicted molar refractivity (Wildman–Crippen MR) is 78.8 cm³/mol. The number of nitro groups is 2. The summed E-state index contributed by atoms with van der Waals surface area (Å²) >= 11 is 0. The van der Waals surface area contributed by atoms with Crippen molar-refractivity contribution in [1.29, 1.82) is 0 Å². The lowest BCUT2D eigenvalue weighted by Crippen LogP contribution is -2.15. The molecule has 0 aliphatic carbocycles. The van der Waals surface area contributed by atoms with E-state index >= 15 is 0 Å². The van der Waals surface area contributed by atoms with Gasteiger partial charge in [-0.2, -0.15) is 0 Å². The molecule has 0 aliphatic rings. The Hall–Kier alpha value is -3.30. The number of hydrogen-bond donors (Lipinski definition) is 2. The fourth-order valence-corrected chi connectivity index (χ4v) is 1.59. The molecule has 10 heteroatoms. The van der Waals surface area contributed by atoms with E-state index in [2.05, 4.69) is 20.6 Å². The van der Waals surface area contributed by atoms with Crippen LogP contribution in [0.4, 0.5) is 23.0 Å². The number of nitrogens with zero attached hydrogens (tertiary/aromatic N) is 4. The molecule has 10 nitrogen and oxygen atoms in total. The summed E-state index contributed by atoms with van der Waals surface area (Å²) in [5.41, 5.74) is 0.606. The molecular formula is C12H12N6O4. The van der Waals surface area contributed by atoms with Gasteiger partial charge in [-0.05, 0) is 12.1 Å². The van der Waals surface area contributed by atoms with Gasteiger partial charge in [0.15, 0.2) is 0 Å². The Balaban J connectivity index is 1.77. The molecule has 1 heterocycles. The van der Waals surface area contributed by atoms with Crippen molar-refractivity contribution in [2.24, 2.45) is 0 Å². The summed E-state index contributed by atoms with van der Waals surface area (Å²) < 4.78 is 0. The van der Waals surface area contributed by atoms with Crippen LogP contribution in [0.2, 0.25) is 0 Å². The molecule has 22 heavy (non-hydrogen) atoms. The smallest absolute Gasteiger partial charge is 0.305 e. The van der Waals surface area contributed by atoms with Crippen molar-refractivity contribution in [2.45, 2.75) is 0 Å². The summed E-state index contributed by atoms with van der Waals surface area (Å²) in [5, 5.41) is 26.9. The molecule has 0 saturated carbocycles. The fraction of sp³-hybridized carbons (Fsp3) is 0.167. The first-order valence-corrected chi connectivity index (χ1v) is 6.25. The highest BCUT2D eigenvalue weighted by Gasteiger charge is 2.06. The van der Waals surface area contributed by atoms with Crippen LogP contribution in [0.1, 0.15) is 0 Å². The van der Waals surface area contributed by atoms with Crippen molar-refractivity contribution < 1.29 is 9.85 Å². The van der Waals surface area contributed by atoms with Gasteiger partial charge in [0.1, 0.15) is 12.4 Å². The first-order valence-electron chi connectivity index (χ1n) is 6.25. The van der Waals surface area contributed by atoms with Gasteiger partial charge in [-0.15, -0.1) is 0 Å². The van der Waals surface area contributed by atoms with Crippen LogP contribution in [0.5, 0.6) is 0 Å². The Labute approximate surface area is 124 Å². The van der Waals surface area contributed by atoms with Crippen LogP contribution in [-0.2, 0) is 0 Å². The Morgan fingerprint density at radius 3 is 1.95 bits per heavy atom. The van der Waals surface area contributed by atoms with Crippen LogP contribution in [0.25, 0.3) is 0 Å². The van der Waals surface area contributed by atoms with Crippen molar-refractivity contribution in [3.63, 3.8) is 0 Å². The first-order chi connectivity index (χ1) is 10.6. The van der Waals surface area contributed by atoms with Crippen LogP contribution in [0, 0.1) is 20.2 Å². The van der Waals surface area contributed by atoms with Gasteiger partial charge in [0.05, 0.1) is 9.85 Å². The first kappa shape index (κ1) is 15.1. The van der Waals surface area contributed by atoms with Gasteiger partial charge in [0.2, 0.25) is 5.95 Å². The van der Waals surface area contributed by atoms with Gasteiger partial charge in [0, 0.05) is 30.9 Å². The molecule has 0 bridgehead atoms. The number of nitro benzene ring substituents is 1. The fourth-order valence-electron chi connectivity index (χ4n) is 1.59. The average Bonchev–Trinajstić information content (AvgIpc) is 2.52. The maximum absolute atomic E-state index is 10.5. The topological polar surface area (TPSA) is 136 Å². The number of nitrogens with one attached hydrogen (secondary N) is 2. The molecule has 1 aromatic carbocycles. The van der Waals surface area contributed by atoms with E-state index in [9.17, 15) is 20.2 Å². The van der Waals surface area contributed by atoms with E-state index in [4.69, 9.17) is 0 Å². The highest BCUT2D eigenvalue weighted by molar-refractivity contribution is 5.48. The molecule has 1 aromatic heterocycles. The summed E-state index contributed by atoms with van der Waals surface area (Å²) in [6.45, 7) is 1.01. The zero-order valence-electron chi connectivity index (χ0n) is 11.3. The summed E-state index contributed by atoms with van der Waals surface area (Å²) in [5.74, 6) is 0.288. The van der Waals surface area contributed by atoms with Crippen LogP contribution in [0.3, 0.4) is 0 Å². The lowest BCUT2D eigenvalue weighted by molar-refractivity contribution is -0.385. The van der Waals surface area contributed by atoms with Gasteiger partial charge in [0.25, 0.3) is 5.69 Å². The van der Waals surface area contributed by atoms with Crippen LogP contribution >= 0.6 is 0 Å². The number of hydrogen-bond acceptors (Lipinski definition) is 8. The van der Waals surface area contributed by atoms with Gasteiger partial charge < -0.3 is 10.6 Å². The zero-order chi connectivity index (χ0) is 15.9. The third kappa shape index (κ3) is 4.10. The predicted octanol–water partition coefficient (Wildman–Crippen LogP) is 1.82. The highest BCUT2D eigenvalue weighted by atomic mass is 16.6. The van der Waals surface area contributed by atoms with Gasteiger partial charge in [-0.25, -0.2) is 9.97 Å². The number of rotatable bonds is 7. The van der Waals surface area contributed by atoms with Gasteiger partial charge in [-0.3, -0.25) is 20.2 Å². The molecule has 2 aromatic rings. The standard InChI is InChI=1S/C12H12N6O4/c19-17(20)10-3-1-9(2-4-10)13-5-6-14-12-15-7-11(8-16-12)18(21)22/h1-4,7-8,13H,5-6H2,(H,14,15,16). The molecule has 2 N–H and O–H groups in total. The summed E-state index contributed by atoms with van der Waals surface area (Å²) in [4.78, 5) is 27.6. The Bertz CT molecular complexity index is 599. The van der Waals surface area contributed by atoms with Crippen molar-refractivity contribution >= 4 is 23.0 Å². The van der Waals surface area contributed by atoms with E-state index in [-0.39, 0.29) is 17.3 Å². The van der Waals surface area contributed by atoms with Gasteiger partial charge >= 0.3 is 5.69 Å². The third-order valence-corrected chi connectivity index (χ3v) is 2.66. The Morgan fingerprint density at radius 1 is 0.864 bits per heavy atom. The molecule has 0 amide bonds. The van der Waals surface area contributed by atoms with E-state index < -0.39 is 9.85 Å². The molecule has 0 atom stereocenters. The van der Waals surface area contributed by atoms with E-state index in [0.717, 1.165) is 18.1 Å². The van der Waals surface area contributed by atoms with Crippen molar-refractivity contribution in [3.8, 4) is 0 Å². The maximum atomic E-state index is 10.5. The molecule has 0 fully saturated rings. The van der Waals surface area contributed by atoms with E-state index in [1.807, 2.05) is 0 Å². The minimum atomic E-state index is -0.570. The molecule has 2 rings (SSSR count). The van der Waals surface area contributed by atoms with Crippen LogP contribution < -0.4 is 10.6 Å². The zero-order valence-corrected chi connectivity index (χ0v) is 11.3. The molecule has 0 unspecified atom stereocenters. The molecule has 0 saturated heterocycles. The second-order valence-corrected chi connectivity index (χ2v) is 4.18. The minimum absolute atomic E-state index is 0.0305. The molecular weight excluding hydrogens is 292 g/mol. The SMILES string of the molecule is O=[N+]([O-])c1ccc(NCCNc2ncc([N+](=O)[O-])cn2)cc1. The average molecular weight is 304 g/mol. The molecule has 0 spiro atoms. The Kier molecular flexibility index (Phi) is 4.75. The van der Waals surface area contributed by atoms with Crippen LogP contribution in [-0.4, -0.2) is 32.9 Å². The summed E-state index contributed by atoms with van der Waals surface area (Å²) in [6.07, 6.45) is 2.25.